The van der Waals surface area contributed by atoms with Gasteiger partial charge >= 0.3 is 6.09 Å². The fraction of sp³-hybridized carbons (Fsp3) is 0.261. The van der Waals surface area contributed by atoms with E-state index in [4.69, 9.17) is 19.8 Å². The van der Waals surface area contributed by atoms with Gasteiger partial charge in [0.25, 0.3) is 0 Å². The zero-order valence-electron chi connectivity index (χ0n) is 17.3. The summed E-state index contributed by atoms with van der Waals surface area (Å²) in [6.07, 6.45) is 4.94. The third kappa shape index (κ3) is 5.10. The summed E-state index contributed by atoms with van der Waals surface area (Å²) in [6, 6.07) is 13.3. The van der Waals surface area contributed by atoms with Gasteiger partial charge in [-0.1, -0.05) is 19.1 Å². The molecule has 1 saturated carbocycles. The maximum atomic E-state index is 10.6. The van der Waals surface area contributed by atoms with Crippen molar-refractivity contribution in [2.24, 2.45) is 0 Å². The first-order chi connectivity index (χ1) is 15.5. The van der Waals surface area contributed by atoms with Gasteiger partial charge in [0.2, 0.25) is 5.82 Å². The van der Waals surface area contributed by atoms with E-state index in [1.807, 2.05) is 42.5 Å². The molecule has 0 spiro atoms. The number of nitriles is 1. The van der Waals surface area contributed by atoms with Gasteiger partial charge in [0.15, 0.2) is 5.75 Å². The normalized spacial score (nSPS) is 18.0. The van der Waals surface area contributed by atoms with Gasteiger partial charge in [-0.3, -0.25) is 4.98 Å². The monoisotopic (exact) mass is 431 g/mol. The van der Waals surface area contributed by atoms with Crippen LogP contribution in [0.5, 0.6) is 17.2 Å². The molecule has 0 radical (unpaired) electrons. The van der Waals surface area contributed by atoms with Crippen molar-refractivity contribution in [1.29, 1.82) is 5.26 Å². The van der Waals surface area contributed by atoms with Gasteiger partial charge in [-0.15, -0.1) is 0 Å². The summed E-state index contributed by atoms with van der Waals surface area (Å²) in [4.78, 5) is 22.9. The van der Waals surface area contributed by atoms with Gasteiger partial charge in [0.05, 0.1) is 18.6 Å². The van der Waals surface area contributed by atoms with E-state index in [0.717, 1.165) is 11.3 Å². The van der Waals surface area contributed by atoms with Crippen molar-refractivity contribution in [1.82, 2.24) is 20.3 Å². The number of pyridine rings is 1. The summed E-state index contributed by atoms with van der Waals surface area (Å²) in [5, 5.41) is 19.9. The molecule has 1 aliphatic carbocycles. The van der Waals surface area contributed by atoms with Crippen molar-refractivity contribution in [3.05, 3.63) is 72.1 Å². The van der Waals surface area contributed by atoms with Gasteiger partial charge < -0.3 is 19.9 Å². The predicted molar refractivity (Wildman–Crippen MR) is 114 cm³/mol. The molecular weight excluding hydrogens is 410 g/mol. The Kier molecular flexibility index (Phi) is 6.12. The molecule has 1 aliphatic rings. The highest BCUT2D eigenvalue weighted by Crippen LogP contribution is 2.29. The van der Waals surface area contributed by atoms with Crippen LogP contribution in [-0.4, -0.2) is 38.3 Å². The molecule has 2 N–H and O–H groups in total. The van der Waals surface area contributed by atoms with Crippen molar-refractivity contribution < 1.29 is 19.4 Å². The van der Waals surface area contributed by atoms with E-state index in [2.05, 4.69) is 27.2 Å². The quantitative estimate of drug-likeness (QED) is 0.577. The average Bonchev–Trinajstić information content (AvgIpc) is 2.78. The van der Waals surface area contributed by atoms with Crippen LogP contribution >= 0.6 is 0 Å². The molecule has 9 nitrogen and oxygen atoms in total. The first-order valence-corrected chi connectivity index (χ1v) is 10.1. The fourth-order valence-corrected chi connectivity index (χ4v) is 3.42. The molecule has 0 bridgehead atoms. The first-order valence-electron chi connectivity index (χ1n) is 10.1. The number of hydrogen-bond donors (Lipinski definition) is 2. The Morgan fingerprint density at radius 3 is 2.31 bits per heavy atom. The number of hydrogen-bond acceptors (Lipinski definition) is 7. The second-order valence-electron chi connectivity index (χ2n) is 7.52. The summed E-state index contributed by atoms with van der Waals surface area (Å²) < 4.78 is 11.6. The molecule has 1 fully saturated rings. The molecule has 3 aromatic rings. The van der Waals surface area contributed by atoms with E-state index in [1.165, 1.54) is 12.4 Å². The van der Waals surface area contributed by atoms with Crippen molar-refractivity contribution in [2.45, 2.75) is 37.8 Å². The Labute approximate surface area is 184 Å². The largest absolute Gasteiger partial charge is 0.489 e. The molecule has 1 aromatic carbocycles. The van der Waals surface area contributed by atoms with Crippen molar-refractivity contribution in [2.75, 3.05) is 0 Å². The number of ether oxygens (including phenoxy) is 2. The molecule has 2 heterocycles. The molecule has 0 saturated heterocycles. The maximum Gasteiger partial charge on any atom is 0.404 e. The van der Waals surface area contributed by atoms with Crippen molar-refractivity contribution in [3.8, 4) is 23.3 Å². The highest BCUT2D eigenvalue weighted by molar-refractivity contribution is 5.65. The van der Waals surface area contributed by atoms with Crippen LogP contribution in [0.15, 0.2) is 55.0 Å². The van der Waals surface area contributed by atoms with Gasteiger partial charge in [0.1, 0.15) is 23.7 Å². The van der Waals surface area contributed by atoms with E-state index in [-0.39, 0.29) is 23.9 Å². The minimum atomic E-state index is -1.00. The number of carbonyl (C=O) groups is 1. The third-order valence-corrected chi connectivity index (χ3v) is 5.27. The minimum Gasteiger partial charge on any atom is -0.489 e. The van der Waals surface area contributed by atoms with Gasteiger partial charge in [-0.25, -0.2) is 14.8 Å². The van der Waals surface area contributed by atoms with Crippen LogP contribution in [0, 0.1) is 11.3 Å². The number of carboxylic acid groups (broad SMARTS) is 1. The standard InChI is InChI=1S/C23H21N5O4/c1-14(15-2-4-17(5-3-15)31-20-12-26-22(10-24)27-13-20)21-7-6-18(11-25-21)32-19-8-16(9-19)28-23(29)30/h2-7,11-14,16,19,28H,8-9H2,1H3,(H,29,30). The SMILES string of the molecule is CC(c1ccc(Oc2cnc(C#N)nc2)cc1)c1ccc(OC2CC(NC(=O)O)C2)cn1. The van der Waals surface area contributed by atoms with Crippen molar-refractivity contribution >= 4 is 6.09 Å². The summed E-state index contributed by atoms with van der Waals surface area (Å²) in [5.74, 6) is 1.94. The van der Waals surface area contributed by atoms with E-state index in [1.54, 1.807) is 6.20 Å². The molecule has 1 amide bonds. The van der Waals surface area contributed by atoms with Crippen LogP contribution in [0.25, 0.3) is 0 Å². The third-order valence-electron chi connectivity index (χ3n) is 5.27. The molecule has 162 valence electrons. The average molecular weight is 431 g/mol. The molecule has 32 heavy (non-hydrogen) atoms. The summed E-state index contributed by atoms with van der Waals surface area (Å²) in [6.45, 7) is 2.07. The number of aromatic nitrogens is 3. The van der Waals surface area contributed by atoms with Crippen LogP contribution in [0.1, 0.15) is 42.8 Å². The maximum absolute atomic E-state index is 10.6. The van der Waals surface area contributed by atoms with Crippen LogP contribution in [-0.2, 0) is 0 Å². The lowest BCUT2D eigenvalue weighted by Crippen LogP contribution is -2.48. The molecular formula is C23H21N5O4. The predicted octanol–water partition coefficient (Wildman–Crippen LogP) is 3.86. The first kappa shape index (κ1) is 21.1. The summed E-state index contributed by atoms with van der Waals surface area (Å²) in [7, 11) is 0. The lowest BCUT2D eigenvalue weighted by molar-refractivity contribution is 0.0830. The molecule has 1 atom stereocenters. The Morgan fingerprint density at radius 2 is 1.72 bits per heavy atom. The lowest BCUT2D eigenvalue weighted by atomic mass is 9.89. The Balaban J connectivity index is 1.32. The number of amides is 1. The smallest absolute Gasteiger partial charge is 0.404 e. The van der Waals surface area contributed by atoms with Crippen LogP contribution in [0.2, 0.25) is 0 Å². The zero-order valence-corrected chi connectivity index (χ0v) is 17.3. The van der Waals surface area contributed by atoms with Gasteiger partial charge in [-0.05, 0) is 29.8 Å². The zero-order chi connectivity index (χ0) is 22.5. The molecule has 1 unspecified atom stereocenters. The number of benzene rings is 1. The van der Waals surface area contributed by atoms with Crippen molar-refractivity contribution in [3.63, 3.8) is 0 Å². The van der Waals surface area contributed by atoms with E-state index < -0.39 is 6.09 Å². The Hall–Kier alpha value is -4.19. The number of rotatable bonds is 7. The van der Waals surface area contributed by atoms with Gasteiger partial charge in [-0.2, -0.15) is 5.26 Å². The van der Waals surface area contributed by atoms with Crippen LogP contribution in [0.4, 0.5) is 4.79 Å². The van der Waals surface area contributed by atoms with Crippen LogP contribution < -0.4 is 14.8 Å². The Bertz CT molecular complexity index is 1110. The highest BCUT2D eigenvalue weighted by Gasteiger charge is 2.32. The van der Waals surface area contributed by atoms with Crippen LogP contribution in [0.3, 0.4) is 0 Å². The van der Waals surface area contributed by atoms with E-state index in [9.17, 15) is 4.79 Å². The summed E-state index contributed by atoms with van der Waals surface area (Å²) in [5.41, 5.74) is 1.99. The molecule has 0 aliphatic heterocycles. The summed E-state index contributed by atoms with van der Waals surface area (Å²) >= 11 is 0. The number of nitrogens with zero attached hydrogens (tertiary/aromatic N) is 4. The Morgan fingerprint density at radius 1 is 1.06 bits per heavy atom. The number of nitrogens with one attached hydrogen (secondary N) is 1. The molecule has 2 aromatic heterocycles. The molecule has 9 heteroatoms. The molecule has 4 rings (SSSR count). The minimum absolute atomic E-state index is 0.00553. The lowest BCUT2D eigenvalue weighted by Gasteiger charge is -2.34. The second-order valence-corrected chi connectivity index (χ2v) is 7.52. The topological polar surface area (TPSA) is 130 Å². The van der Waals surface area contributed by atoms with Gasteiger partial charge in [0, 0.05) is 30.5 Å². The highest BCUT2D eigenvalue weighted by atomic mass is 16.5. The fourth-order valence-electron chi connectivity index (χ4n) is 3.42. The van der Waals surface area contributed by atoms with E-state index in [0.29, 0.717) is 30.1 Å². The van der Waals surface area contributed by atoms with E-state index >= 15 is 0 Å². The second kappa shape index (κ2) is 9.31.